The molecule has 5 heteroatoms. The monoisotopic (exact) mass is 305 g/mol. The van der Waals surface area contributed by atoms with Crippen LogP contribution in [-0.2, 0) is 9.59 Å². The summed E-state index contributed by atoms with van der Waals surface area (Å²) in [6.07, 6.45) is 3.95. The van der Waals surface area contributed by atoms with Crippen LogP contribution < -0.4 is 5.32 Å². The maximum Gasteiger partial charge on any atom is 0.305 e. The number of allylic oxidation sites excluding steroid dienone is 2. The van der Waals surface area contributed by atoms with Gasteiger partial charge in [0.1, 0.15) is 5.82 Å². The van der Waals surface area contributed by atoms with E-state index >= 15 is 0 Å². The number of hydrogen-bond acceptors (Lipinski definition) is 2. The fourth-order valence-corrected chi connectivity index (χ4v) is 2.12. The Morgan fingerprint density at radius 3 is 2.18 bits per heavy atom. The summed E-state index contributed by atoms with van der Waals surface area (Å²) >= 11 is 0. The Morgan fingerprint density at radius 2 is 1.73 bits per heavy atom. The van der Waals surface area contributed by atoms with Crippen molar-refractivity contribution in [3.63, 3.8) is 0 Å². The summed E-state index contributed by atoms with van der Waals surface area (Å²) in [7, 11) is 0. The largest absolute Gasteiger partial charge is 0.481 e. The van der Waals surface area contributed by atoms with Crippen LogP contribution in [0.3, 0.4) is 0 Å². The molecule has 2 N–H and O–H groups in total. The Balaban J connectivity index is 2.90. The van der Waals surface area contributed by atoms with E-state index < -0.39 is 17.8 Å². The van der Waals surface area contributed by atoms with Crippen LogP contribution in [0.2, 0.25) is 0 Å². The summed E-state index contributed by atoms with van der Waals surface area (Å²) in [6.45, 7) is 7.22. The van der Waals surface area contributed by atoms with Crippen LogP contribution in [0.25, 0.3) is 0 Å². The van der Waals surface area contributed by atoms with Crippen molar-refractivity contribution >= 4 is 11.9 Å². The number of benzene rings is 1. The van der Waals surface area contributed by atoms with Crippen LogP contribution >= 0.6 is 0 Å². The molecule has 0 saturated heterocycles. The van der Waals surface area contributed by atoms with E-state index in [1.54, 1.807) is 12.2 Å². The van der Waals surface area contributed by atoms with Crippen LogP contribution in [0.15, 0.2) is 49.6 Å². The molecular weight excluding hydrogens is 285 g/mol. The highest BCUT2D eigenvalue weighted by molar-refractivity contribution is 5.80. The van der Waals surface area contributed by atoms with Crippen LogP contribution in [0.4, 0.5) is 4.39 Å². The Bertz CT molecular complexity index is 529. The van der Waals surface area contributed by atoms with E-state index in [0.29, 0.717) is 18.4 Å². The molecule has 4 nitrogen and oxygen atoms in total. The minimum absolute atomic E-state index is 0.268. The Morgan fingerprint density at radius 1 is 1.18 bits per heavy atom. The lowest BCUT2D eigenvalue weighted by Gasteiger charge is -2.21. The van der Waals surface area contributed by atoms with Crippen molar-refractivity contribution in [1.29, 1.82) is 0 Å². The lowest BCUT2D eigenvalue weighted by Crippen LogP contribution is -2.34. The van der Waals surface area contributed by atoms with Crippen molar-refractivity contribution < 1.29 is 19.1 Å². The lowest BCUT2D eigenvalue weighted by atomic mass is 9.98. The number of carboxylic acid groups (broad SMARTS) is 1. The first-order valence-electron chi connectivity index (χ1n) is 6.97. The van der Waals surface area contributed by atoms with Gasteiger partial charge in [0.05, 0.1) is 12.5 Å². The second-order valence-corrected chi connectivity index (χ2v) is 4.96. The topological polar surface area (TPSA) is 66.4 Å². The van der Waals surface area contributed by atoms with E-state index in [-0.39, 0.29) is 18.2 Å². The molecular formula is C17H20FNO3. The number of carboxylic acids is 1. The molecule has 0 fully saturated rings. The van der Waals surface area contributed by atoms with Gasteiger partial charge in [0, 0.05) is 5.92 Å². The molecule has 0 bridgehead atoms. The molecule has 1 rings (SSSR count). The van der Waals surface area contributed by atoms with Crippen molar-refractivity contribution in [2.24, 2.45) is 5.92 Å². The second kappa shape index (κ2) is 8.77. The summed E-state index contributed by atoms with van der Waals surface area (Å²) < 4.78 is 13.0. The van der Waals surface area contributed by atoms with Crippen molar-refractivity contribution in [2.75, 3.05) is 0 Å². The number of hydrogen-bond donors (Lipinski definition) is 2. The predicted molar refractivity (Wildman–Crippen MR) is 82.7 cm³/mol. The first-order chi connectivity index (χ1) is 10.5. The molecule has 118 valence electrons. The molecule has 0 heterocycles. The number of carbonyl (C=O) groups is 2. The van der Waals surface area contributed by atoms with E-state index in [4.69, 9.17) is 5.11 Å². The first kappa shape index (κ1) is 17.6. The fraction of sp³-hybridized carbons (Fsp3) is 0.294. The van der Waals surface area contributed by atoms with Crippen molar-refractivity contribution in [1.82, 2.24) is 5.32 Å². The zero-order valence-corrected chi connectivity index (χ0v) is 12.3. The zero-order chi connectivity index (χ0) is 16.5. The van der Waals surface area contributed by atoms with E-state index in [1.807, 2.05) is 0 Å². The van der Waals surface area contributed by atoms with Gasteiger partial charge in [-0.2, -0.15) is 0 Å². The number of nitrogens with one attached hydrogen (secondary N) is 1. The molecule has 1 amide bonds. The number of carbonyl (C=O) groups excluding carboxylic acids is 1. The quantitative estimate of drug-likeness (QED) is 0.688. The number of rotatable bonds is 9. The van der Waals surface area contributed by atoms with Gasteiger partial charge >= 0.3 is 5.97 Å². The molecule has 1 atom stereocenters. The molecule has 0 aromatic heterocycles. The minimum atomic E-state index is -1.04. The van der Waals surface area contributed by atoms with Gasteiger partial charge in [0.25, 0.3) is 0 Å². The molecule has 0 aliphatic heterocycles. The van der Waals surface area contributed by atoms with Crippen molar-refractivity contribution in [3.05, 3.63) is 61.0 Å². The number of aliphatic carboxylic acids is 1. The Hall–Kier alpha value is -2.43. The molecule has 22 heavy (non-hydrogen) atoms. The fourth-order valence-electron chi connectivity index (χ4n) is 2.12. The lowest BCUT2D eigenvalue weighted by molar-refractivity contribution is -0.138. The predicted octanol–water partition coefficient (Wildman–Crippen LogP) is 3.23. The van der Waals surface area contributed by atoms with Gasteiger partial charge < -0.3 is 10.4 Å². The maximum absolute atomic E-state index is 13.0. The van der Waals surface area contributed by atoms with E-state index in [9.17, 15) is 14.0 Å². The summed E-state index contributed by atoms with van der Waals surface area (Å²) in [4.78, 5) is 23.3. The van der Waals surface area contributed by atoms with Crippen LogP contribution in [-0.4, -0.2) is 17.0 Å². The smallest absolute Gasteiger partial charge is 0.305 e. The van der Waals surface area contributed by atoms with Gasteiger partial charge in [-0.3, -0.25) is 9.59 Å². The third kappa shape index (κ3) is 5.52. The number of amides is 1. The van der Waals surface area contributed by atoms with Crippen LogP contribution in [0, 0.1) is 11.7 Å². The molecule has 0 radical (unpaired) electrons. The molecule has 1 unspecified atom stereocenters. The van der Waals surface area contributed by atoms with E-state index in [0.717, 1.165) is 0 Å². The summed E-state index contributed by atoms with van der Waals surface area (Å²) in [6, 6.07) is 4.71. The van der Waals surface area contributed by atoms with E-state index in [1.165, 1.54) is 24.3 Å². The first-order valence-corrected chi connectivity index (χ1v) is 6.97. The standard InChI is InChI=1S/C17H20FNO3/c1-3-5-13(6-4-2)17(22)19-15(11-16(20)21)12-7-9-14(18)10-8-12/h3-4,7-10,13,15H,1-2,5-6,11H2,(H,19,22)(H,20,21). The molecule has 1 aromatic rings. The highest BCUT2D eigenvalue weighted by Gasteiger charge is 2.22. The van der Waals surface area contributed by atoms with Crippen molar-refractivity contribution in [3.8, 4) is 0 Å². The second-order valence-electron chi connectivity index (χ2n) is 4.96. The number of halogens is 1. The molecule has 0 saturated carbocycles. The average Bonchev–Trinajstić information content (AvgIpc) is 2.46. The Labute approximate surface area is 129 Å². The van der Waals surface area contributed by atoms with Gasteiger partial charge in [-0.25, -0.2) is 4.39 Å². The molecule has 0 aliphatic rings. The summed E-state index contributed by atoms with van der Waals surface area (Å²) in [5, 5.41) is 11.7. The molecule has 0 aliphatic carbocycles. The normalized spacial score (nSPS) is 11.7. The van der Waals surface area contributed by atoms with E-state index in [2.05, 4.69) is 18.5 Å². The third-order valence-corrected chi connectivity index (χ3v) is 3.24. The SMILES string of the molecule is C=CCC(CC=C)C(=O)NC(CC(=O)O)c1ccc(F)cc1. The zero-order valence-electron chi connectivity index (χ0n) is 12.3. The summed E-state index contributed by atoms with van der Waals surface area (Å²) in [5.74, 6) is -2.07. The van der Waals surface area contributed by atoms with Gasteiger partial charge in [0.2, 0.25) is 5.91 Å². The van der Waals surface area contributed by atoms with Crippen molar-refractivity contribution in [2.45, 2.75) is 25.3 Å². The van der Waals surface area contributed by atoms with Gasteiger partial charge in [-0.15, -0.1) is 13.2 Å². The maximum atomic E-state index is 13.0. The molecule has 1 aromatic carbocycles. The van der Waals surface area contributed by atoms with Crippen LogP contribution in [0.5, 0.6) is 0 Å². The molecule has 0 spiro atoms. The van der Waals surface area contributed by atoms with Gasteiger partial charge in [0.15, 0.2) is 0 Å². The average molecular weight is 305 g/mol. The minimum Gasteiger partial charge on any atom is -0.481 e. The third-order valence-electron chi connectivity index (χ3n) is 3.24. The van der Waals surface area contributed by atoms with Gasteiger partial charge in [-0.1, -0.05) is 24.3 Å². The summed E-state index contributed by atoms with van der Waals surface area (Å²) in [5.41, 5.74) is 0.549. The highest BCUT2D eigenvalue weighted by atomic mass is 19.1. The van der Waals surface area contributed by atoms with Crippen LogP contribution in [0.1, 0.15) is 30.9 Å². The van der Waals surface area contributed by atoms with Gasteiger partial charge in [-0.05, 0) is 30.5 Å². The highest BCUT2D eigenvalue weighted by Crippen LogP contribution is 2.20. The Kier molecular flexibility index (Phi) is 7.02.